The van der Waals surface area contributed by atoms with Crippen LogP contribution in [0.15, 0.2) is 91.0 Å². The maximum atomic E-state index is 12.9. The van der Waals surface area contributed by atoms with Gasteiger partial charge in [-0.1, -0.05) is 91.0 Å². The highest BCUT2D eigenvalue weighted by Crippen LogP contribution is 2.40. The number of hydrogen-bond acceptors (Lipinski definition) is 6. The van der Waals surface area contributed by atoms with Gasteiger partial charge in [-0.15, -0.1) is 0 Å². The number of carboxylic acid groups (broad SMARTS) is 1. The molecule has 1 N–H and O–H groups in total. The van der Waals surface area contributed by atoms with Crippen LogP contribution in [0, 0.1) is 11.8 Å². The molecule has 0 unspecified atom stereocenters. The average molecular weight is 470 g/mol. The second-order valence-corrected chi connectivity index (χ2v) is 7.36. The number of ketones is 1. The third kappa shape index (κ3) is 6.42. The van der Waals surface area contributed by atoms with E-state index >= 15 is 0 Å². The van der Waals surface area contributed by atoms with Gasteiger partial charge < -0.3 is 14.6 Å². The van der Waals surface area contributed by atoms with Crippen molar-refractivity contribution in [3.8, 4) is 11.8 Å². The SMILES string of the molecule is O=C(O)CCC(=O)C(=O)OCC#CC(=O)OC(c1ccccc1)(c1ccccc1)c1ccccc1. The van der Waals surface area contributed by atoms with E-state index in [0.29, 0.717) is 16.7 Å². The van der Waals surface area contributed by atoms with Crippen molar-refractivity contribution in [2.75, 3.05) is 6.61 Å². The molecule has 0 atom stereocenters. The average Bonchev–Trinajstić information content (AvgIpc) is 2.89. The Hall–Kier alpha value is -4.70. The first-order valence-corrected chi connectivity index (χ1v) is 10.7. The maximum absolute atomic E-state index is 12.9. The molecule has 0 spiro atoms. The zero-order valence-electron chi connectivity index (χ0n) is 18.7. The van der Waals surface area contributed by atoms with Gasteiger partial charge in [0.25, 0.3) is 0 Å². The van der Waals surface area contributed by atoms with Crippen LogP contribution in [0.3, 0.4) is 0 Å². The summed E-state index contributed by atoms with van der Waals surface area (Å²) in [6.07, 6.45) is -0.955. The number of aliphatic carboxylic acids is 1. The van der Waals surface area contributed by atoms with Crippen LogP contribution in [0.5, 0.6) is 0 Å². The molecule has 0 radical (unpaired) electrons. The van der Waals surface area contributed by atoms with Gasteiger partial charge >= 0.3 is 17.9 Å². The summed E-state index contributed by atoms with van der Waals surface area (Å²) < 4.78 is 10.7. The molecule has 7 heteroatoms. The van der Waals surface area contributed by atoms with E-state index in [1.54, 1.807) is 0 Å². The van der Waals surface area contributed by atoms with Gasteiger partial charge in [-0.05, 0) is 5.92 Å². The molecule has 0 fully saturated rings. The number of ether oxygens (including phenoxy) is 2. The quantitative estimate of drug-likeness (QED) is 0.168. The Bertz CT molecular complexity index is 1140. The van der Waals surface area contributed by atoms with E-state index < -0.39 is 48.7 Å². The molecular formula is C28H22O7. The lowest BCUT2D eigenvalue weighted by Gasteiger charge is -2.34. The number of carboxylic acids is 1. The highest BCUT2D eigenvalue weighted by atomic mass is 16.6. The summed E-state index contributed by atoms with van der Waals surface area (Å²) >= 11 is 0. The van der Waals surface area contributed by atoms with Crippen molar-refractivity contribution in [2.24, 2.45) is 0 Å². The molecular weight excluding hydrogens is 448 g/mol. The number of Topliss-reactive ketones (excluding diaryl/α,β-unsaturated/α-hetero) is 1. The van der Waals surface area contributed by atoms with Crippen LogP contribution in [-0.4, -0.2) is 35.4 Å². The van der Waals surface area contributed by atoms with Gasteiger partial charge in [0.2, 0.25) is 5.78 Å². The highest BCUT2D eigenvalue weighted by molar-refractivity contribution is 6.33. The Kier molecular flexibility index (Phi) is 8.52. The molecule has 0 saturated carbocycles. The number of benzene rings is 3. The molecule has 0 saturated heterocycles. The largest absolute Gasteiger partial charge is 0.481 e. The maximum Gasteiger partial charge on any atom is 0.386 e. The summed E-state index contributed by atoms with van der Waals surface area (Å²) in [7, 11) is 0. The van der Waals surface area contributed by atoms with E-state index in [-0.39, 0.29) is 0 Å². The number of esters is 2. The minimum absolute atomic E-state index is 0.475. The minimum atomic E-state index is -1.29. The molecule has 35 heavy (non-hydrogen) atoms. The molecule has 0 aromatic heterocycles. The molecule has 3 aromatic rings. The van der Waals surface area contributed by atoms with Crippen LogP contribution in [0.4, 0.5) is 0 Å². The van der Waals surface area contributed by atoms with Gasteiger partial charge in [0.15, 0.2) is 12.2 Å². The number of rotatable bonds is 9. The van der Waals surface area contributed by atoms with Gasteiger partial charge in [0, 0.05) is 29.0 Å². The van der Waals surface area contributed by atoms with Gasteiger partial charge in [0.1, 0.15) is 0 Å². The second-order valence-electron chi connectivity index (χ2n) is 7.36. The highest BCUT2D eigenvalue weighted by Gasteiger charge is 2.40. The van der Waals surface area contributed by atoms with Crippen molar-refractivity contribution < 1.29 is 33.8 Å². The predicted molar refractivity (Wildman–Crippen MR) is 126 cm³/mol. The molecule has 0 heterocycles. The molecule has 0 aliphatic carbocycles. The van der Waals surface area contributed by atoms with Crippen molar-refractivity contribution in [1.82, 2.24) is 0 Å². The standard InChI is InChI=1S/C28H22O7/c29-24(18-19-25(30)31)27(33)34-20-10-17-26(32)35-28(21-11-4-1-5-12-21,22-13-6-2-7-14-22)23-15-8-3-9-16-23/h1-9,11-16H,18-20H2,(H,30,31). The van der Waals surface area contributed by atoms with E-state index in [0.717, 1.165) is 0 Å². The summed E-state index contributed by atoms with van der Waals surface area (Å²) in [5.41, 5.74) is 0.841. The topological polar surface area (TPSA) is 107 Å². The van der Waals surface area contributed by atoms with Crippen molar-refractivity contribution >= 4 is 23.7 Å². The first kappa shape index (κ1) is 24.9. The summed E-state index contributed by atoms with van der Waals surface area (Å²) in [4.78, 5) is 46.6. The van der Waals surface area contributed by atoms with E-state index in [4.69, 9.17) is 14.6 Å². The van der Waals surface area contributed by atoms with Crippen LogP contribution in [0.2, 0.25) is 0 Å². The molecule has 3 rings (SSSR count). The van der Waals surface area contributed by atoms with Gasteiger partial charge in [-0.2, -0.15) is 0 Å². The Morgan fingerprint density at radius 1 is 0.714 bits per heavy atom. The molecule has 3 aromatic carbocycles. The van der Waals surface area contributed by atoms with Crippen LogP contribution in [0.1, 0.15) is 29.5 Å². The lowest BCUT2D eigenvalue weighted by atomic mass is 9.80. The first-order valence-electron chi connectivity index (χ1n) is 10.7. The smallest absolute Gasteiger partial charge is 0.386 e. The fraction of sp³-hybridized carbons (Fsp3) is 0.143. The van der Waals surface area contributed by atoms with E-state index in [2.05, 4.69) is 11.8 Å². The molecule has 176 valence electrons. The number of hydrogen-bond donors (Lipinski definition) is 1. The summed E-state index contributed by atoms with van der Waals surface area (Å²) in [5.74, 6) is 0.421. The molecule has 0 bridgehead atoms. The predicted octanol–water partition coefficient (Wildman–Crippen LogP) is 3.50. The van der Waals surface area contributed by atoms with Crippen LogP contribution < -0.4 is 0 Å². The van der Waals surface area contributed by atoms with E-state index in [1.807, 2.05) is 91.0 Å². The monoisotopic (exact) mass is 470 g/mol. The fourth-order valence-corrected chi connectivity index (χ4v) is 3.47. The lowest BCUT2D eigenvalue weighted by Crippen LogP contribution is -2.35. The van der Waals surface area contributed by atoms with E-state index in [1.165, 1.54) is 0 Å². The molecule has 0 aliphatic rings. The third-order valence-corrected chi connectivity index (χ3v) is 5.05. The second kappa shape index (κ2) is 12.0. The van der Waals surface area contributed by atoms with Crippen LogP contribution in [0.25, 0.3) is 0 Å². The van der Waals surface area contributed by atoms with E-state index in [9.17, 15) is 19.2 Å². The van der Waals surface area contributed by atoms with Crippen molar-refractivity contribution in [2.45, 2.75) is 18.4 Å². The van der Waals surface area contributed by atoms with Gasteiger partial charge in [-0.3, -0.25) is 9.59 Å². The van der Waals surface area contributed by atoms with Gasteiger partial charge in [0.05, 0.1) is 6.42 Å². The Labute approximate surface area is 202 Å². The molecule has 7 nitrogen and oxygen atoms in total. The normalized spacial score (nSPS) is 10.4. The number of carbonyl (C=O) groups excluding carboxylic acids is 3. The summed E-state index contributed by atoms with van der Waals surface area (Å²) in [6.45, 7) is -0.526. The van der Waals surface area contributed by atoms with Crippen LogP contribution in [-0.2, 0) is 34.3 Å². The number of carbonyl (C=O) groups is 4. The lowest BCUT2D eigenvalue weighted by molar-refractivity contribution is -0.153. The Balaban J connectivity index is 1.85. The van der Waals surface area contributed by atoms with Crippen molar-refractivity contribution in [3.05, 3.63) is 108 Å². The Morgan fingerprint density at radius 2 is 1.17 bits per heavy atom. The van der Waals surface area contributed by atoms with Crippen molar-refractivity contribution in [1.29, 1.82) is 0 Å². The fourth-order valence-electron chi connectivity index (χ4n) is 3.47. The zero-order valence-corrected chi connectivity index (χ0v) is 18.7. The van der Waals surface area contributed by atoms with Crippen LogP contribution >= 0.6 is 0 Å². The Morgan fingerprint density at radius 3 is 1.60 bits per heavy atom. The summed E-state index contributed by atoms with van der Waals surface area (Å²) in [6, 6.07) is 27.8. The first-order chi connectivity index (χ1) is 16.9. The van der Waals surface area contributed by atoms with Gasteiger partial charge in [-0.25, -0.2) is 9.59 Å². The third-order valence-electron chi connectivity index (χ3n) is 5.05. The molecule has 0 aliphatic heterocycles. The molecule has 0 amide bonds. The minimum Gasteiger partial charge on any atom is -0.481 e. The summed E-state index contributed by atoms with van der Waals surface area (Å²) in [5, 5.41) is 8.58. The van der Waals surface area contributed by atoms with Crippen molar-refractivity contribution in [3.63, 3.8) is 0 Å². The zero-order chi connectivity index (χ0) is 25.1.